The highest BCUT2D eigenvalue weighted by Gasteiger charge is 2.24. The molecule has 6 nitrogen and oxygen atoms in total. The molecule has 134 valence electrons. The van der Waals surface area contributed by atoms with Gasteiger partial charge in [-0.15, -0.1) is 0 Å². The Labute approximate surface area is 155 Å². The summed E-state index contributed by atoms with van der Waals surface area (Å²) in [7, 11) is 1.65. The first-order valence-electron chi connectivity index (χ1n) is 8.51. The second-order valence-electron chi connectivity index (χ2n) is 6.28. The highest BCUT2D eigenvalue weighted by molar-refractivity contribution is 5.98. The monoisotopic (exact) mass is 359 g/mol. The molecule has 0 aliphatic rings. The summed E-state index contributed by atoms with van der Waals surface area (Å²) in [5.41, 5.74) is 1.55. The van der Waals surface area contributed by atoms with Gasteiger partial charge in [0.05, 0.1) is 5.27 Å². The van der Waals surface area contributed by atoms with Gasteiger partial charge in [0, 0.05) is 24.7 Å². The molecule has 3 aromatic carbocycles. The third-order valence-corrected chi connectivity index (χ3v) is 4.43. The summed E-state index contributed by atoms with van der Waals surface area (Å²) in [5.74, 6) is -0.738. The Balaban J connectivity index is 1.61. The molecule has 0 spiro atoms. The number of hydrogen-bond donors (Lipinski definition) is 0. The molecule has 1 aromatic heterocycles. The Morgan fingerprint density at radius 2 is 1.74 bits per heavy atom. The predicted molar refractivity (Wildman–Crippen MR) is 97.2 cm³/mol. The standard InChI is InChI=1S/C21H17N3O3/c1-23(20(25)17-12-11-15-7-5-6-8-16(15)13-17)14-19-21(26)27-22-24(19)18-9-3-2-4-10-18/h2-13H,14H2,1H3. The highest BCUT2D eigenvalue weighted by Crippen LogP contribution is 2.18. The number of benzene rings is 3. The van der Waals surface area contributed by atoms with Crippen molar-refractivity contribution in [3.05, 3.63) is 84.1 Å². The molecule has 0 fully saturated rings. The van der Waals surface area contributed by atoms with E-state index in [9.17, 15) is 9.90 Å². The van der Waals surface area contributed by atoms with Crippen molar-refractivity contribution < 1.29 is 19.1 Å². The molecule has 1 heterocycles. The molecule has 1 amide bonds. The number of rotatable bonds is 4. The third kappa shape index (κ3) is 3.25. The van der Waals surface area contributed by atoms with Gasteiger partial charge in [0.1, 0.15) is 6.54 Å². The summed E-state index contributed by atoms with van der Waals surface area (Å²) in [6, 6.07) is 22.6. The van der Waals surface area contributed by atoms with Crippen molar-refractivity contribution in [3.63, 3.8) is 0 Å². The maximum absolute atomic E-state index is 12.8. The molecule has 0 aliphatic carbocycles. The lowest BCUT2D eigenvalue weighted by Gasteiger charge is -2.15. The van der Waals surface area contributed by atoms with Crippen LogP contribution in [0.15, 0.2) is 77.3 Å². The van der Waals surface area contributed by atoms with Crippen LogP contribution in [-0.4, -0.2) is 23.1 Å². The number of amides is 1. The third-order valence-electron chi connectivity index (χ3n) is 4.43. The van der Waals surface area contributed by atoms with Crippen LogP contribution in [-0.2, 0) is 6.54 Å². The summed E-state index contributed by atoms with van der Waals surface area (Å²) >= 11 is 0. The van der Waals surface area contributed by atoms with Crippen LogP contribution in [0.2, 0.25) is 0 Å². The minimum absolute atomic E-state index is 0.0862. The van der Waals surface area contributed by atoms with E-state index in [0.717, 1.165) is 10.8 Å². The van der Waals surface area contributed by atoms with E-state index in [4.69, 9.17) is 4.52 Å². The number of aromatic nitrogens is 2. The van der Waals surface area contributed by atoms with Crippen LogP contribution < -0.4 is 9.79 Å². The topological polar surface area (TPSA) is 73.3 Å². The molecule has 0 N–H and O–H groups in total. The van der Waals surface area contributed by atoms with Crippen molar-refractivity contribution in [2.45, 2.75) is 6.54 Å². The first-order valence-corrected chi connectivity index (χ1v) is 8.51. The van der Waals surface area contributed by atoms with E-state index in [0.29, 0.717) is 11.3 Å². The fourth-order valence-corrected chi connectivity index (χ4v) is 3.01. The van der Waals surface area contributed by atoms with Crippen molar-refractivity contribution in [2.75, 3.05) is 7.05 Å². The maximum atomic E-state index is 12.8. The van der Waals surface area contributed by atoms with E-state index in [1.54, 1.807) is 13.1 Å². The fourth-order valence-electron chi connectivity index (χ4n) is 3.01. The van der Waals surface area contributed by atoms with Gasteiger partial charge < -0.3 is 14.5 Å². The first-order chi connectivity index (χ1) is 13.1. The van der Waals surface area contributed by atoms with E-state index in [-0.39, 0.29) is 18.1 Å². The Kier molecular flexibility index (Phi) is 4.30. The maximum Gasteiger partial charge on any atom is 0.259 e. The van der Waals surface area contributed by atoms with Crippen LogP contribution >= 0.6 is 0 Å². The van der Waals surface area contributed by atoms with Gasteiger partial charge in [0.15, 0.2) is 5.95 Å². The molecular formula is C21H17N3O3. The molecule has 0 saturated heterocycles. The van der Waals surface area contributed by atoms with Crippen LogP contribution in [0.1, 0.15) is 16.1 Å². The van der Waals surface area contributed by atoms with E-state index in [1.807, 2.05) is 66.7 Å². The van der Waals surface area contributed by atoms with E-state index >= 15 is 0 Å². The molecule has 0 atom stereocenters. The van der Waals surface area contributed by atoms with Crippen molar-refractivity contribution in [1.82, 2.24) is 10.2 Å². The molecule has 0 saturated carbocycles. The molecule has 4 aromatic rings. The Morgan fingerprint density at radius 1 is 1.04 bits per heavy atom. The largest absolute Gasteiger partial charge is 0.539 e. The SMILES string of the molecule is CN(Cc1c([O-])on[n+]1-c1ccccc1)C(=O)c1ccc2ccccc2c1. The van der Waals surface area contributed by atoms with Crippen LogP contribution in [0.5, 0.6) is 5.95 Å². The van der Waals surface area contributed by atoms with E-state index in [1.165, 1.54) is 9.58 Å². The predicted octanol–water partition coefficient (Wildman–Crippen LogP) is 2.45. The summed E-state index contributed by atoms with van der Waals surface area (Å²) in [6.45, 7) is 0.0862. The van der Waals surface area contributed by atoms with E-state index in [2.05, 4.69) is 5.27 Å². The van der Waals surface area contributed by atoms with Gasteiger partial charge in [0.2, 0.25) is 5.69 Å². The zero-order valence-corrected chi connectivity index (χ0v) is 14.7. The second kappa shape index (κ2) is 6.92. The average molecular weight is 359 g/mol. The molecule has 6 heteroatoms. The van der Waals surface area contributed by atoms with Crippen LogP contribution in [0, 0.1) is 0 Å². The Morgan fingerprint density at radius 3 is 2.52 bits per heavy atom. The summed E-state index contributed by atoms with van der Waals surface area (Å²) in [6.07, 6.45) is 0. The zero-order valence-electron chi connectivity index (χ0n) is 14.7. The fraction of sp³-hybridized carbons (Fsp3) is 0.0952. The lowest BCUT2D eigenvalue weighted by molar-refractivity contribution is -0.678. The Bertz CT molecular complexity index is 1110. The number of para-hydroxylation sites is 1. The van der Waals surface area contributed by atoms with Gasteiger partial charge in [-0.05, 0) is 27.6 Å². The molecular weight excluding hydrogens is 342 g/mol. The quantitative estimate of drug-likeness (QED) is 0.525. The van der Waals surface area contributed by atoms with Crippen molar-refractivity contribution >= 4 is 16.7 Å². The van der Waals surface area contributed by atoms with Crippen LogP contribution in [0.3, 0.4) is 0 Å². The van der Waals surface area contributed by atoms with E-state index < -0.39 is 5.95 Å². The minimum atomic E-state index is -0.558. The lowest BCUT2D eigenvalue weighted by atomic mass is 10.1. The number of fused-ring (bicyclic) bond motifs is 1. The number of nitrogens with zero attached hydrogens (tertiary/aromatic N) is 3. The zero-order chi connectivity index (χ0) is 18.8. The van der Waals surface area contributed by atoms with Crippen molar-refractivity contribution in [1.29, 1.82) is 0 Å². The van der Waals surface area contributed by atoms with Gasteiger partial charge in [-0.3, -0.25) is 4.79 Å². The molecule has 0 unspecified atom stereocenters. The smallest absolute Gasteiger partial charge is 0.259 e. The van der Waals surface area contributed by atoms with Gasteiger partial charge >= 0.3 is 0 Å². The van der Waals surface area contributed by atoms with Gasteiger partial charge in [-0.25, -0.2) is 0 Å². The van der Waals surface area contributed by atoms with Gasteiger partial charge in [0.25, 0.3) is 11.6 Å². The molecule has 4 rings (SSSR count). The van der Waals surface area contributed by atoms with Gasteiger partial charge in [-0.2, -0.15) is 0 Å². The summed E-state index contributed by atoms with van der Waals surface area (Å²) in [4.78, 5) is 14.3. The number of hydrogen-bond acceptors (Lipinski definition) is 4. The summed E-state index contributed by atoms with van der Waals surface area (Å²) < 4.78 is 6.24. The average Bonchev–Trinajstić information content (AvgIpc) is 3.08. The van der Waals surface area contributed by atoms with Crippen LogP contribution in [0.25, 0.3) is 16.5 Å². The van der Waals surface area contributed by atoms with Crippen LogP contribution in [0.4, 0.5) is 0 Å². The Hall–Kier alpha value is -3.67. The molecule has 0 bridgehead atoms. The minimum Gasteiger partial charge on any atom is -0.539 e. The highest BCUT2D eigenvalue weighted by atomic mass is 16.6. The number of carbonyl (C=O) groups excluding carboxylic acids is 1. The van der Waals surface area contributed by atoms with Gasteiger partial charge in [-0.1, -0.05) is 48.5 Å². The number of carbonyl (C=O) groups is 1. The molecule has 27 heavy (non-hydrogen) atoms. The normalized spacial score (nSPS) is 10.9. The lowest BCUT2D eigenvalue weighted by Crippen LogP contribution is -2.40. The molecule has 0 radical (unpaired) electrons. The molecule has 0 aliphatic heterocycles. The summed E-state index contributed by atoms with van der Waals surface area (Å²) in [5, 5.41) is 18.0. The van der Waals surface area contributed by atoms with Crippen molar-refractivity contribution in [2.24, 2.45) is 0 Å². The second-order valence-corrected chi connectivity index (χ2v) is 6.28. The van der Waals surface area contributed by atoms with Crippen molar-refractivity contribution in [3.8, 4) is 11.6 Å². The first kappa shape index (κ1) is 16.8.